The second-order valence-corrected chi connectivity index (χ2v) is 6.23. The Morgan fingerprint density at radius 2 is 1.74 bits per heavy atom. The van der Waals surface area contributed by atoms with E-state index in [0.29, 0.717) is 24.9 Å². The van der Waals surface area contributed by atoms with E-state index in [1.165, 1.54) is 6.42 Å². The van der Waals surface area contributed by atoms with Gasteiger partial charge in [-0.2, -0.15) is 5.26 Å². The summed E-state index contributed by atoms with van der Waals surface area (Å²) in [4.78, 5) is 12.5. The number of carbonyl (C=O) groups is 1. The molecular formula is C15H25N3O. The first-order valence-electron chi connectivity index (χ1n) is 7.60. The minimum atomic E-state index is -0.783. The highest BCUT2D eigenvalue weighted by Gasteiger charge is 2.41. The van der Waals surface area contributed by atoms with Crippen LogP contribution in [0.3, 0.4) is 0 Å². The molecule has 2 aliphatic rings. The van der Waals surface area contributed by atoms with E-state index in [9.17, 15) is 10.1 Å². The lowest BCUT2D eigenvalue weighted by Crippen LogP contribution is -2.57. The largest absolute Gasteiger partial charge is 0.287 e. The molecule has 0 spiro atoms. The lowest BCUT2D eigenvalue weighted by molar-refractivity contribution is -0.138. The maximum absolute atomic E-state index is 12.5. The van der Waals surface area contributed by atoms with E-state index in [1.807, 2.05) is 0 Å². The Labute approximate surface area is 116 Å². The number of amides is 1. The van der Waals surface area contributed by atoms with Crippen molar-refractivity contribution in [1.82, 2.24) is 10.4 Å². The van der Waals surface area contributed by atoms with Crippen LogP contribution in [0.2, 0.25) is 0 Å². The van der Waals surface area contributed by atoms with Crippen molar-refractivity contribution in [3.05, 3.63) is 0 Å². The third-order valence-electron chi connectivity index (χ3n) is 4.78. The van der Waals surface area contributed by atoms with Gasteiger partial charge in [0.1, 0.15) is 5.41 Å². The van der Waals surface area contributed by atoms with E-state index in [1.54, 1.807) is 0 Å². The van der Waals surface area contributed by atoms with Crippen LogP contribution in [0.1, 0.15) is 65.2 Å². The van der Waals surface area contributed by atoms with Crippen molar-refractivity contribution in [3.8, 4) is 6.07 Å². The summed E-state index contributed by atoms with van der Waals surface area (Å²) in [5.74, 6) is -0.0738. The van der Waals surface area contributed by atoms with Crippen LogP contribution in [0, 0.1) is 16.7 Å². The highest BCUT2D eigenvalue weighted by Crippen LogP contribution is 2.36. The van der Waals surface area contributed by atoms with Gasteiger partial charge in [0.25, 0.3) is 5.91 Å². The zero-order chi connectivity index (χ0) is 13.9. The van der Waals surface area contributed by atoms with Crippen molar-refractivity contribution in [1.29, 1.82) is 5.26 Å². The molecule has 1 heterocycles. The first-order valence-corrected chi connectivity index (χ1v) is 7.60. The molecule has 0 aromatic heterocycles. The lowest BCUT2D eigenvalue weighted by atomic mass is 9.74. The highest BCUT2D eigenvalue weighted by molar-refractivity contribution is 5.85. The van der Waals surface area contributed by atoms with Crippen LogP contribution >= 0.6 is 0 Å². The summed E-state index contributed by atoms with van der Waals surface area (Å²) < 4.78 is 0. The fourth-order valence-corrected chi connectivity index (χ4v) is 3.41. The highest BCUT2D eigenvalue weighted by atomic mass is 16.2. The second kappa shape index (κ2) is 5.92. The van der Waals surface area contributed by atoms with Crippen molar-refractivity contribution < 1.29 is 4.79 Å². The third kappa shape index (κ3) is 2.92. The third-order valence-corrected chi connectivity index (χ3v) is 4.78. The van der Waals surface area contributed by atoms with Gasteiger partial charge in [-0.3, -0.25) is 10.2 Å². The number of nitriles is 1. The van der Waals surface area contributed by atoms with E-state index in [0.717, 1.165) is 32.1 Å². The molecule has 2 unspecified atom stereocenters. The van der Waals surface area contributed by atoms with Crippen molar-refractivity contribution >= 4 is 5.91 Å². The fourth-order valence-electron chi connectivity index (χ4n) is 3.41. The summed E-state index contributed by atoms with van der Waals surface area (Å²) in [6, 6.07) is 3.03. The summed E-state index contributed by atoms with van der Waals surface area (Å²) in [5, 5.41) is 11.5. The summed E-state index contributed by atoms with van der Waals surface area (Å²) in [5.41, 5.74) is 2.27. The Kier molecular flexibility index (Phi) is 4.46. The van der Waals surface area contributed by atoms with Gasteiger partial charge in [0.05, 0.1) is 6.07 Å². The van der Waals surface area contributed by atoms with Crippen molar-refractivity contribution in [3.63, 3.8) is 0 Å². The Hall–Kier alpha value is -1.08. The minimum absolute atomic E-state index is 0.0738. The first-order chi connectivity index (χ1) is 9.09. The van der Waals surface area contributed by atoms with Gasteiger partial charge in [0.15, 0.2) is 0 Å². The summed E-state index contributed by atoms with van der Waals surface area (Å²) in [6.45, 7) is 4.30. The molecule has 1 saturated carbocycles. The van der Waals surface area contributed by atoms with Crippen LogP contribution < -0.4 is 5.43 Å². The molecule has 2 atom stereocenters. The molecule has 106 valence electrons. The molecule has 0 aromatic carbocycles. The van der Waals surface area contributed by atoms with Gasteiger partial charge in [-0.1, -0.05) is 25.7 Å². The summed E-state index contributed by atoms with van der Waals surface area (Å²) in [6.07, 6.45) is 8.01. The molecule has 1 amide bonds. The quantitative estimate of drug-likeness (QED) is 0.833. The monoisotopic (exact) mass is 263 g/mol. The van der Waals surface area contributed by atoms with E-state index in [4.69, 9.17) is 0 Å². The number of hydrogen-bond donors (Lipinski definition) is 1. The number of nitrogens with zero attached hydrogens (tertiary/aromatic N) is 2. The average Bonchev–Trinajstić information content (AvgIpc) is 2.43. The van der Waals surface area contributed by atoms with Gasteiger partial charge < -0.3 is 0 Å². The van der Waals surface area contributed by atoms with Gasteiger partial charge in [-0.25, -0.2) is 5.01 Å². The zero-order valence-electron chi connectivity index (χ0n) is 12.1. The molecule has 1 saturated heterocycles. The van der Waals surface area contributed by atoms with Gasteiger partial charge >= 0.3 is 0 Å². The van der Waals surface area contributed by atoms with Gasteiger partial charge in [-0.05, 0) is 39.5 Å². The van der Waals surface area contributed by atoms with Crippen LogP contribution in [0.5, 0.6) is 0 Å². The van der Waals surface area contributed by atoms with Gasteiger partial charge in [0.2, 0.25) is 0 Å². The van der Waals surface area contributed by atoms with E-state index in [2.05, 4.69) is 30.4 Å². The standard InChI is InChI=1S/C15H25N3O/c1-12-7-6-8-13(2)18(12)17-14(19)15(11-16)9-4-3-5-10-15/h12-13H,3-10H2,1-2H3,(H,17,19). The zero-order valence-corrected chi connectivity index (χ0v) is 12.1. The predicted octanol–water partition coefficient (Wildman–Crippen LogP) is 2.75. The van der Waals surface area contributed by atoms with Crippen LogP contribution in [-0.2, 0) is 4.79 Å². The van der Waals surface area contributed by atoms with Crippen molar-refractivity contribution in [2.24, 2.45) is 5.41 Å². The summed E-state index contributed by atoms with van der Waals surface area (Å²) in [7, 11) is 0. The molecule has 0 bridgehead atoms. The Morgan fingerprint density at radius 1 is 1.16 bits per heavy atom. The van der Waals surface area contributed by atoms with Crippen LogP contribution in [0.4, 0.5) is 0 Å². The molecule has 2 fully saturated rings. The smallest absolute Gasteiger partial charge is 0.254 e. The molecule has 19 heavy (non-hydrogen) atoms. The van der Waals surface area contributed by atoms with E-state index >= 15 is 0 Å². The maximum Gasteiger partial charge on any atom is 0.254 e. The molecule has 1 aliphatic carbocycles. The number of hydrazine groups is 1. The molecule has 1 aliphatic heterocycles. The number of nitrogens with one attached hydrogen (secondary N) is 1. The van der Waals surface area contributed by atoms with E-state index < -0.39 is 5.41 Å². The molecule has 0 radical (unpaired) electrons. The van der Waals surface area contributed by atoms with Crippen LogP contribution in [-0.4, -0.2) is 23.0 Å². The fraction of sp³-hybridized carbons (Fsp3) is 0.867. The number of hydrogen-bond acceptors (Lipinski definition) is 3. The molecular weight excluding hydrogens is 238 g/mol. The normalized spacial score (nSPS) is 31.4. The van der Waals surface area contributed by atoms with Crippen LogP contribution in [0.25, 0.3) is 0 Å². The molecule has 4 nitrogen and oxygen atoms in total. The summed E-state index contributed by atoms with van der Waals surface area (Å²) >= 11 is 0. The van der Waals surface area contributed by atoms with Crippen molar-refractivity contribution in [2.45, 2.75) is 77.3 Å². The Balaban J connectivity index is 2.04. The van der Waals surface area contributed by atoms with Crippen molar-refractivity contribution in [2.75, 3.05) is 0 Å². The topological polar surface area (TPSA) is 56.1 Å². The first kappa shape index (κ1) is 14.3. The van der Waals surface area contributed by atoms with Gasteiger partial charge in [0, 0.05) is 12.1 Å². The Bertz CT molecular complexity index is 358. The Morgan fingerprint density at radius 3 is 2.26 bits per heavy atom. The molecule has 1 N–H and O–H groups in total. The number of piperidine rings is 1. The number of carbonyl (C=O) groups excluding carboxylic acids is 1. The number of rotatable bonds is 2. The SMILES string of the molecule is CC1CCCC(C)N1NC(=O)C1(C#N)CCCCC1. The predicted molar refractivity (Wildman–Crippen MR) is 73.9 cm³/mol. The van der Waals surface area contributed by atoms with E-state index in [-0.39, 0.29) is 5.91 Å². The van der Waals surface area contributed by atoms with Gasteiger partial charge in [-0.15, -0.1) is 0 Å². The minimum Gasteiger partial charge on any atom is -0.287 e. The maximum atomic E-state index is 12.5. The van der Waals surface area contributed by atoms with Crippen LogP contribution in [0.15, 0.2) is 0 Å². The lowest BCUT2D eigenvalue weighted by Gasteiger charge is -2.41. The molecule has 4 heteroatoms. The molecule has 2 rings (SSSR count). The second-order valence-electron chi connectivity index (χ2n) is 6.23. The molecule has 0 aromatic rings. The average molecular weight is 263 g/mol.